The van der Waals surface area contributed by atoms with Crippen LogP contribution in [0.2, 0.25) is 0 Å². The van der Waals surface area contributed by atoms with Crippen molar-refractivity contribution in [1.29, 1.82) is 0 Å². The Labute approximate surface area is 120 Å². The van der Waals surface area contributed by atoms with Gasteiger partial charge in [-0.15, -0.1) is 0 Å². The first kappa shape index (κ1) is 14.6. The Morgan fingerprint density at radius 3 is 2.80 bits per heavy atom. The molecule has 4 nitrogen and oxygen atoms in total. The van der Waals surface area contributed by atoms with Crippen molar-refractivity contribution in [2.75, 3.05) is 27.4 Å². The second-order valence-corrected chi connectivity index (χ2v) is 4.67. The van der Waals surface area contributed by atoms with E-state index in [0.29, 0.717) is 0 Å². The van der Waals surface area contributed by atoms with Crippen LogP contribution in [0, 0.1) is 0 Å². The second kappa shape index (κ2) is 7.72. The van der Waals surface area contributed by atoms with Crippen LogP contribution in [0.4, 0.5) is 0 Å². The first-order valence-corrected chi connectivity index (χ1v) is 6.79. The molecule has 4 heteroatoms. The van der Waals surface area contributed by atoms with E-state index in [2.05, 4.69) is 34.4 Å². The van der Waals surface area contributed by atoms with Gasteiger partial charge in [-0.3, -0.25) is 0 Å². The number of rotatable bonds is 8. The zero-order chi connectivity index (χ0) is 14.2. The minimum Gasteiger partial charge on any atom is -0.496 e. The lowest BCUT2D eigenvalue weighted by Gasteiger charge is -2.08. The van der Waals surface area contributed by atoms with E-state index in [9.17, 15) is 0 Å². The minimum atomic E-state index is 0.738. The molecule has 1 N–H and O–H groups in total. The van der Waals surface area contributed by atoms with E-state index in [-0.39, 0.29) is 0 Å². The van der Waals surface area contributed by atoms with E-state index in [1.54, 1.807) is 14.2 Å². The van der Waals surface area contributed by atoms with Gasteiger partial charge in [-0.1, -0.05) is 18.2 Å². The molecule has 0 aliphatic heterocycles. The van der Waals surface area contributed by atoms with Gasteiger partial charge >= 0.3 is 0 Å². The molecule has 0 fully saturated rings. The number of nitrogens with one attached hydrogen (secondary N) is 1. The third-order valence-electron chi connectivity index (χ3n) is 3.17. The van der Waals surface area contributed by atoms with Crippen molar-refractivity contribution >= 4 is 0 Å². The highest BCUT2D eigenvalue weighted by molar-refractivity contribution is 5.33. The molecule has 20 heavy (non-hydrogen) atoms. The van der Waals surface area contributed by atoms with Crippen molar-refractivity contribution in [3.8, 4) is 5.75 Å². The van der Waals surface area contributed by atoms with E-state index in [0.717, 1.165) is 32.0 Å². The second-order valence-electron chi connectivity index (χ2n) is 4.67. The molecule has 2 aromatic rings. The van der Waals surface area contributed by atoms with Gasteiger partial charge < -0.3 is 19.4 Å². The molecule has 0 spiro atoms. The van der Waals surface area contributed by atoms with Crippen LogP contribution >= 0.6 is 0 Å². The third kappa shape index (κ3) is 4.11. The average molecular weight is 274 g/mol. The summed E-state index contributed by atoms with van der Waals surface area (Å²) in [7, 11) is 3.42. The normalized spacial score (nSPS) is 10.7. The summed E-state index contributed by atoms with van der Waals surface area (Å²) in [6, 6.07) is 10.2. The van der Waals surface area contributed by atoms with Crippen LogP contribution in [0.15, 0.2) is 42.7 Å². The molecular formula is C16H22N2O2. The quantitative estimate of drug-likeness (QED) is 0.750. The first-order chi connectivity index (χ1) is 9.83. The maximum absolute atomic E-state index is 5.38. The van der Waals surface area contributed by atoms with Gasteiger partial charge in [-0.05, 0) is 17.7 Å². The molecule has 0 amide bonds. The lowest BCUT2D eigenvalue weighted by atomic mass is 10.2. The van der Waals surface area contributed by atoms with Crippen LogP contribution in [0.3, 0.4) is 0 Å². The van der Waals surface area contributed by atoms with Gasteiger partial charge in [0.25, 0.3) is 0 Å². The van der Waals surface area contributed by atoms with Crippen molar-refractivity contribution in [1.82, 2.24) is 9.88 Å². The van der Waals surface area contributed by atoms with Gasteiger partial charge in [-0.2, -0.15) is 0 Å². The fraction of sp³-hybridized carbons (Fsp3) is 0.375. The topological polar surface area (TPSA) is 35.4 Å². The molecule has 0 saturated carbocycles. The van der Waals surface area contributed by atoms with Crippen LogP contribution in [0.1, 0.15) is 11.1 Å². The van der Waals surface area contributed by atoms with Crippen molar-refractivity contribution in [2.45, 2.75) is 13.1 Å². The van der Waals surface area contributed by atoms with Crippen LogP contribution in [0.25, 0.3) is 0 Å². The Morgan fingerprint density at radius 2 is 2.00 bits per heavy atom. The fourth-order valence-electron chi connectivity index (χ4n) is 2.13. The number of para-hydroxylation sites is 1. The summed E-state index contributed by atoms with van der Waals surface area (Å²) in [5, 5.41) is 3.34. The Bertz CT molecular complexity index is 523. The largest absolute Gasteiger partial charge is 0.496 e. The van der Waals surface area contributed by atoms with Crippen molar-refractivity contribution in [3.63, 3.8) is 0 Å². The molecule has 0 unspecified atom stereocenters. The van der Waals surface area contributed by atoms with E-state index >= 15 is 0 Å². The lowest BCUT2D eigenvalue weighted by Crippen LogP contribution is -2.18. The smallest absolute Gasteiger partial charge is 0.123 e. The van der Waals surface area contributed by atoms with Crippen LogP contribution < -0.4 is 10.1 Å². The fourth-order valence-corrected chi connectivity index (χ4v) is 2.13. The number of methoxy groups -OCH3 is 2. The SMILES string of the molecule is COCCNCc1ccn(Cc2ccccc2OC)c1. The van der Waals surface area contributed by atoms with Gasteiger partial charge in [0.1, 0.15) is 5.75 Å². The van der Waals surface area contributed by atoms with E-state index in [1.807, 2.05) is 18.2 Å². The summed E-state index contributed by atoms with van der Waals surface area (Å²) in [5.74, 6) is 0.931. The van der Waals surface area contributed by atoms with Crippen molar-refractivity contribution in [3.05, 3.63) is 53.9 Å². The highest BCUT2D eigenvalue weighted by atomic mass is 16.5. The molecule has 0 radical (unpaired) electrons. The molecule has 1 aromatic heterocycles. The maximum atomic E-state index is 5.38. The number of aromatic nitrogens is 1. The summed E-state index contributed by atoms with van der Waals surface area (Å²) in [6.45, 7) is 3.29. The third-order valence-corrected chi connectivity index (χ3v) is 3.17. The predicted octanol–water partition coefficient (Wildman–Crippen LogP) is 2.28. The summed E-state index contributed by atoms with van der Waals surface area (Å²) in [5.41, 5.74) is 2.46. The summed E-state index contributed by atoms with van der Waals surface area (Å²) in [6.07, 6.45) is 4.26. The monoisotopic (exact) mass is 274 g/mol. The molecule has 0 atom stereocenters. The molecule has 108 valence electrons. The standard InChI is InChI=1S/C16H22N2O2/c1-19-10-8-17-11-14-7-9-18(12-14)13-15-5-3-4-6-16(15)20-2/h3-7,9,12,17H,8,10-11,13H2,1-2H3. The summed E-state index contributed by atoms with van der Waals surface area (Å²) in [4.78, 5) is 0. The lowest BCUT2D eigenvalue weighted by molar-refractivity contribution is 0.199. The van der Waals surface area contributed by atoms with Gasteiger partial charge in [0.15, 0.2) is 0 Å². The molecule has 0 aliphatic carbocycles. The van der Waals surface area contributed by atoms with E-state index in [1.165, 1.54) is 11.1 Å². The molecule has 1 aromatic carbocycles. The predicted molar refractivity (Wildman–Crippen MR) is 80.1 cm³/mol. The van der Waals surface area contributed by atoms with Gasteiger partial charge in [-0.25, -0.2) is 0 Å². The zero-order valence-corrected chi connectivity index (χ0v) is 12.1. The highest BCUT2D eigenvalue weighted by Gasteiger charge is 2.03. The summed E-state index contributed by atoms with van der Waals surface area (Å²) >= 11 is 0. The first-order valence-electron chi connectivity index (χ1n) is 6.79. The van der Waals surface area contributed by atoms with Crippen LogP contribution in [-0.4, -0.2) is 31.9 Å². The van der Waals surface area contributed by atoms with Gasteiger partial charge in [0.2, 0.25) is 0 Å². The number of benzene rings is 1. The number of nitrogens with zero attached hydrogens (tertiary/aromatic N) is 1. The number of hydrogen-bond donors (Lipinski definition) is 1. The summed E-state index contributed by atoms with van der Waals surface area (Å²) < 4.78 is 12.6. The average Bonchev–Trinajstić information content (AvgIpc) is 2.92. The van der Waals surface area contributed by atoms with E-state index < -0.39 is 0 Å². The Balaban J connectivity index is 1.92. The highest BCUT2D eigenvalue weighted by Crippen LogP contribution is 2.18. The maximum Gasteiger partial charge on any atom is 0.123 e. The molecule has 0 bridgehead atoms. The Morgan fingerprint density at radius 1 is 1.15 bits per heavy atom. The van der Waals surface area contributed by atoms with Gasteiger partial charge in [0, 0.05) is 38.2 Å². The zero-order valence-electron chi connectivity index (χ0n) is 12.1. The number of hydrogen-bond acceptors (Lipinski definition) is 3. The number of ether oxygens (including phenoxy) is 2. The Hall–Kier alpha value is -1.78. The van der Waals surface area contributed by atoms with E-state index in [4.69, 9.17) is 9.47 Å². The van der Waals surface area contributed by atoms with Crippen molar-refractivity contribution < 1.29 is 9.47 Å². The van der Waals surface area contributed by atoms with Gasteiger partial charge in [0.05, 0.1) is 20.3 Å². The van der Waals surface area contributed by atoms with Crippen molar-refractivity contribution in [2.24, 2.45) is 0 Å². The molecule has 0 saturated heterocycles. The Kier molecular flexibility index (Phi) is 5.65. The minimum absolute atomic E-state index is 0.738. The van der Waals surface area contributed by atoms with Crippen LogP contribution in [0.5, 0.6) is 5.75 Å². The molecule has 1 heterocycles. The molecule has 2 rings (SSSR count). The van der Waals surface area contributed by atoms with Crippen LogP contribution in [-0.2, 0) is 17.8 Å². The molecule has 0 aliphatic rings. The molecular weight excluding hydrogens is 252 g/mol.